The van der Waals surface area contributed by atoms with Gasteiger partial charge in [-0.3, -0.25) is 14.4 Å². The number of rotatable bonds is 5. The molecule has 0 aromatic heterocycles. The SMILES string of the molecule is COc1cccc(C(=O)N/N=C\C23c4ccccc4C(c4ccccc42)[C@@H]2C(=O)N(c4ccc(F)cc4)C(=O)[C@H]23)c1. The molecule has 41 heavy (non-hydrogen) atoms. The van der Waals surface area contributed by atoms with E-state index in [1.165, 1.54) is 36.3 Å². The Morgan fingerprint density at radius 3 is 2.22 bits per heavy atom. The molecule has 3 aliphatic carbocycles. The number of methoxy groups -OCH3 is 1. The van der Waals surface area contributed by atoms with Crippen LogP contribution in [0.3, 0.4) is 0 Å². The molecule has 0 saturated carbocycles. The Hall–Kier alpha value is -5.11. The van der Waals surface area contributed by atoms with Gasteiger partial charge in [0.25, 0.3) is 5.91 Å². The second-order valence-electron chi connectivity index (χ2n) is 10.4. The van der Waals surface area contributed by atoms with E-state index in [1.807, 2.05) is 48.5 Å². The molecule has 7 nitrogen and oxygen atoms in total. The number of hydrazone groups is 1. The minimum absolute atomic E-state index is 0.321. The molecule has 0 unspecified atom stereocenters. The summed E-state index contributed by atoms with van der Waals surface area (Å²) in [7, 11) is 1.52. The molecule has 3 amide bonds. The average molecular weight is 546 g/mol. The van der Waals surface area contributed by atoms with Crippen molar-refractivity contribution in [3.05, 3.63) is 131 Å². The van der Waals surface area contributed by atoms with Gasteiger partial charge in [0.15, 0.2) is 0 Å². The standard InChI is InChI=1S/C33H24FN3O4/c1-41-22-8-6-7-19(17-22)30(38)36-35-18-33-25-11-4-2-9-23(25)27(24-10-3-5-12-26(24)33)28-29(33)32(40)37(31(28)39)21-15-13-20(34)14-16-21/h2-18,27-29H,1H3,(H,36,38)/b35-18-/t27?,28-,29-,33?/m0/s1. The molecule has 1 aliphatic heterocycles. The van der Waals surface area contributed by atoms with E-state index in [-0.39, 0.29) is 17.7 Å². The zero-order chi connectivity index (χ0) is 28.3. The highest BCUT2D eigenvalue weighted by atomic mass is 19.1. The normalized spacial score (nSPS) is 23.8. The van der Waals surface area contributed by atoms with Gasteiger partial charge in [0, 0.05) is 17.7 Å². The number of halogens is 1. The van der Waals surface area contributed by atoms with Crippen LogP contribution in [0.5, 0.6) is 5.75 Å². The fourth-order valence-electron chi connectivity index (χ4n) is 6.92. The van der Waals surface area contributed by atoms with Crippen molar-refractivity contribution in [1.82, 2.24) is 5.43 Å². The number of carbonyl (C=O) groups excluding carboxylic acids is 3. The van der Waals surface area contributed by atoms with E-state index in [0.29, 0.717) is 17.0 Å². The molecule has 0 radical (unpaired) electrons. The fraction of sp³-hybridized carbons (Fsp3) is 0.152. The topological polar surface area (TPSA) is 88.1 Å². The third-order valence-corrected chi connectivity index (χ3v) is 8.53. The van der Waals surface area contributed by atoms with Gasteiger partial charge in [0.05, 0.1) is 30.0 Å². The highest BCUT2D eigenvalue weighted by Gasteiger charge is 2.68. The van der Waals surface area contributed by atoms with Crippen LogP contribution in [-0.2, 0) is 15.0 Å². The molecule has 2 atom stereocenters. The van der Waals surface area contributed by atoms with Gasteiger partial charge in [-0.2, -0.15) is 5.10 Å². The molecule has 8 heteroatoms. The first kappa shape index (κ1) is 24.9. The zero-order valence-corrected chi connectivity index (χ0v) is 22.0. The van der Waals surface area contributed by atoms with E-state index in [4.69, 9.17) is 4.74 Å². The minimum atomic E-state index is -1.13. The molecular weight excluding hydrogens is 521 g/mol. The van der Waals surface area contributed by atoms with Crippen LogP contribution >= 0.6 is 0 Å². The molecule has 1 heterocycles. The van der Waals surface area contributed by atoms with Crippen molar-refractivity contribution in [3.8, 4) is 5.75 Å². The van der Waals surface area contributed by atoms with Crippen LogP contribution in [0.25, 0.3) is 0 Å². The third-order valence-electron chi connectivity index (χ3n) is 8.53. The minimum Gasteiger partial charge on any atom is -0.497 e. The maximum absolute atomic E-state index is 14.3. The number of benzene rings is 4. The van der Waals surface area contributed by atoms with E-state index < -0.39 is 29.0 Å². The van der Waals surface area contributed by atoms with Crippen LogP contribution in [0.15, 0.2) is 102 Å². The van der Waals surface area contributed by atoms with Crippen LogP contribution in [0.1, 0.15) is 38.5 Å². The second kappa shape index (κ2) is 9.23. The molecular formula is C33H24FN3O4. The molecule has 4 aliphatic rings. The van der Waals surface area contributed by atoms with Crippen molar-refractivity contribution in [3.63, 3.8) is 0 Å². The fourth-order valence-corrected chi connectivity index (χ4v) is 6.92. The maximum atomic E-state index is 14.3. The number of amides is 3. The molecule has 8 rings (SSSR count). The van der Waals surface area contributed by atoms with Crippen molar-refractivity contribution in [2.75, 3.05) is 12.0 Å². The third kappa shape index (κ3) is 3.50. The quantitative estimate of drug-likeness (QED) is 0.222. The largest absolute Gasteiger partial charge is 0.497 e. The second-order valence-corrected chi connectivity index (χ2v) is 10.4. The Morgan fingerprint density at radius 1 is 0.902 bits per heavy atom. The van der Waals surface area contributed by atoms with Crippen molar-refractivity contribution in [1.29, 1.82) is 0 Å². The number of ether oxygens (including phenoxy) is 1. The number of carbonyl (C=O) groups is 3. The van der Waals surface area contributed by atoms with Gasteiger partial charge in [-0.1, -0.05) is 54.6 Å². The zero-order valence-electron chi connectivity index (χ0n) is 22.0. The monoisotopic (exact) mass is 545 g/mol. The van der Waals surface area contributed by atoms with E-state index in [1.54, 1.807) is 30.5 Å². The van der Waals surface area contributed by atoms with Crippen LogP contribution in [-0.4, -0.2) is 31.0 Å². The van der Waals surface area contributed by atoms with Gasteiger partial charge in [-0.05, 0) is 64.7 Å². The van der Waals surface area contributed by atoms with E-state index >= 15 is 0 Å². The molecule has 4 aromatic rings. The highest BCUT2D eigenvalue weighted by Crippen LogP contribution is 2.63. The molecule has 2 bridgehead atoms. The summed E-state index contributed by atoms with van der Waals surface area (Å²) in [5.74, 6) is -2.93. The number of hydrogen-bond acceptors (Lipinski definition) is 5. The van der Waals surface area contributed by atoms with Crippen molar-refractivity contribution >= 4 is 29.6 Å². The number of nitrogens with zero attached hydrogens (tertiary/aromatic N) is 2. The predicted molar refractivity (Wildman–Crippen MR) is 150 cm³/mol. The lowest BCUT2D eigenvalue weighted by molar-refractivity contribution is -0.122. The Morgan fingerprint density at radius 2 is 1.56 bits per heavy atom. The first-order chi connectivity index (χ1) is 20.0. The Balaban J connectivity index is 1.38. The van der Waals surface area contributed by atoms with Gasteiger partial charge in [-0.15, -0.1) is 0 Å². The summed E-state index contributed by atoms with van der Waals surface area (Å²) in [4.78, 5) is 42.6. The average Bonchev–Trinajstić information content (AvgIpc) is 3.28. The van der Waals surface area contributed by atoms with Crippen LogP contribution in [0, 0.1) is 17.7 Å². The van der Waals surface area contributed by atoms with Crippen LogP contribution < -0.4 is 15.1 Å². The summed E-state index contributed by atoms with van der Waals surface area (Å²) >= 11 is 0. The molecule has 4 aromatic carbocycles. The molecule has 202 valence electrons. The summed E-state index contributed by atoms with van der Waals surface area (Å²) < 4.78 is 19.0. The molecule has 0 spiro atoms. The van der Waals surface area contributed by atoms with Gasteiger partial charge < -0.3 is 4.74 Å². The lowest BCUT2D eigenvalue weighted by atomic mass is 9.47. The van der Waals surface area contributed by atoms with Crippen LogP contribution in [0.2, 0.25) is 0 Å². The summed E-state index contributed by atoms with van der Waals surface area (Å²) in [6.07, 6.45) is 1.61. The van der Waals surface area contributed by atoms with E-state index in [2.05, 4.69) is 10.5 Å². The summed E-state index contributed by atoms with van der Waals surface area (Å²) in [6.45, 7) is 0. The van der Waals surface area contributed by atoms with Gasteiger partial charge in [-0.25, -0.2) is 14.7 Å². The Labute approximate surface area is 235 Å². The predicted octanol–water partition coefficient (Wildman–Crippen LogP) is 4.80. The number of hydrogen-bond donors (Lipinski definition) is 1. The van der Waals surface area contributed by atoms with Crippen molar-refractivity contribution < 1.29 is 23.5 Å². The van der Waals surface area contributed by atoms with E-state index in [9.17, 15) is 18.8 Å². The van der Waals surface area contributed by atoms with Crippen molar-refractivity contribution in [2.24, 2.45) is 16.9 Å². The Bertz CT molecular complexity index is 1720. The number of anilines is 1. The smallest absolute Gasteiger partial charge is 0.271 e. The lowest BCUT2D eigenvalue weighted by Crippen LogP contribution is -2.54. The summed E-state index contributed by atoms with van der Waals surface area (Å²) in [6, 6.07) is 27.6. The first-order valence-corrected chi connectivity index (χ1v) is 13.3. The summed E-state index contributed by atoms with van der Waals surface area (Å²) in [5.41, 5.74) is 5.79. The molecule has 1 fully saturated rings. The highest BCUT2D eigenvalue weighted by molar-refractivity contribution is 6.25. The van der Waals surface area contributed by atoms with Gasteiger partial charge >= 0.3 is 0 Å². The molecule has 1 N–H and O–H groups in total. The maximum Gasteiger partial charge on any atom is 0.271 e. The Kier molecular flexibility index (Phi) is 5.61. The first-order valence-electron chi connectivity index (χ1n) is 13.3. The summed E-state index contributed by atoms with van der Waals surface area (Å²) in [5, 5.41) is 4.42. The number of nitrogens with one attached hydrogen (secondary N) is 1. The van der Waals surface area contributed by atoms with Crippen molar-refractivity contribution in [2.45, 2.75) is 11.3 Å². The lowest BCUT2D eigenvalue weighted by Gasteiger charge is -2.52. The number of imide groups is 1. The van der Waals surface area contributed by atoms with Gasteiger partial charge in [0.2, 0.25) is 11.8 Å². The molecule has 1 saturated heterocycles. The van der Waals surface area contributed by atoms with Crippen LogP contribution in [0.4, 0.5) is 10.1 Å². The van der Waals surface area contributed by atoms with E-state index in [0.717, 1.165) is 22.3 Å². The van der Waals surface area contributed by atoms with Gasteiger partial charge in [0.1, 0.15) is 11.6 Å².